The first-order chi connectivity index (χ1) is 14.1. The van der Waals surface area contributed by atoms with E-state index < -0.39 is 6.10 Å². The summed E-state index contributed by atoms with van der Waals surface area (Å²) in [5, 5.41) is 0. The minimum absolute atomic E-state index is 0.0981. The first-order valence-corrected chi connectivity index (χ1v) is 11.2. The van der Waals surface area contributed by atoms with Gasteiger partial charge in [-0.1, -0.05) is 69.6 Å². The van der Waals surface area contributed by atoms with Crippen LogP contribution in [0.2, 0.25) is 0 Å². The predicted octanol–water partition coefficient (Wildman–Crippen LogP) is 6.73. The van der Waals surface area contributed by atoms with Crippen LogP contribution >= 0.6 is 0 Å². The molecule has 0 N–H and O–H groups in total. The van der Waals surface area contributed by atoms with Crippen LogP contribution in [0.25, 0.3) is 0 Å². The average molecular weight is 403 g/mol. The van der Waals surface area contributed by atoms with Crippen LogP contribution in [0, 0.1) is 0 Å². The van der Waals surface area contributed by atoms with Crippen molar-refractivity contribution in [1.82, 2.24) is 0 Å². The highest BCUT2D eigenvalue weighted by Crippen LogP contribution is 2.24. The van der Waals surface area contributed by atoms with Crippen molar-refractivity contribution in [2.24, 2.45) is 0 Å². The van der Waals surface area contributed by atoms with Crippen LogP contribution in [0.4, 0.5) is 0 Å². The topological polar surface area (TPSA) is 52.6 Å². The number of hydrogen-bond donors (Lipinski definition) is 0. The van der Waals surface area contributed by atoms with Gasteiger partial charge in [0.2, 0.25) is 11.5 Å². The third kappa shape index (κ3) is 10.9. The van der Waals surface area contributed by atoms with E-state index in [9.17, 15) is 9.59 Å². The summed E-state index contributed by atoms with van der Waals surface area (Å²) in [7, 11) is 0. The van der Waals surface area contributed by atoms with Gasteiger partial charge in [0.25, 0.3) is 0 Å². The van der Waals surface area contributed by atoms with E-state index in [4.69, 9.17) is 9.47 Å². The van der Waals surface area contributed by atoms with Crippen LogP contribution in [0.5, 0.6) is 0 Å². The van der Waals surface area contributed by atoms with Gasteiger partial charge >= 0.3 is 5.97 Å². The fourth-order valence-corrected chi connectivity index (χ4v) is 3.08. The van der Waals surface area contributed by atoms with Crippen LogP contribution in [-0.4, -0.2) is 17.9 Å². The smallest absolute Gasteiger partial charge is 0.311 e. The molecule has 0 saturated heterocycles. The molecule has 162 valence electrons. The maximum atomic E-state index is 12.0. The molecule has 0 fully saturated rings. The summed E-state index contributed by atoms with van der Waals surface area (Å²) >= 11 is 0. The normalized spacial score (nSPS) is 17.2. The first-order valence-electron chi connectivity index (χ1n) is 11.2. The number of rotatable bonds is 15. The number of esters is 1. The molecular weight excluding hydrogens is 364 g/mol. The number of ketones is 1. The number of allylic oxidation sites excluding steroid dienone is 7. The van der Waals surface area contributed by atoms with Crippen LogP contribution in [-0.2, 0) is 19.1 Å². The summed E-state index contributed by atoms with van der Waals surface area (Å²) in [6, 6.07) is 0. The maximum Gasteiger partial charge on any atom is 0.311 e. The fraction of sp³-hybridized carbons (Fsp3) is 0.600. The Hall–Kier alpha value is -2.10. The second kappa shape index (κ2) is 15.8. The molecule has 0 aromatic rings. The lowest BCUT2D eigenvalue weighted by Crippen LogP contribution is -2.19. The van der Waals surface area contributed by atoms with Gasteiger partial charge in [0.15, 0.2) is 6.10 Å². The largest absolute Gasteiger partial charge is 0.483 e. The second-order valence-corrected chi connectivity index (χ2v) is 7.34. The molecule has 1 heterocycles. The third-order valence-electron chi connectivity index (χ3n) is 4.77. The highest BCUT2D eigenvalue weighted by atomic mass is 16.6. The summed E-state index contributed by atoms with van der Waals surface area (Å²) in [6.45, 7) is 5.69. The molecule has 0 aromatic carbocycles. The van der Waals surface area contributed by atoms with Gasteiger partial charge in [0, 0.05) is 6.42 Å². The lowest BCUT2D eigenvalue weighted by Gasteiger charge is -2.05. The quantitative estimate of drug-likeness (QED) is 0.173. The summed E-state index contributed by atoms with van der Waals surface area (Å²) in [6.07, 6.45) is 23.2. The molecule has 0 aliphatic carbocycles. The Morgan fingerprint density at radius 3 is 2.21 bits per heavy atom. The zero-order valence-electron chi connectivity index (χ0n) is 18.5. The van der Waals surface area contributed by atoms with Crippen LogP contribution in [0.3, 0.4) is 0 Å². The maximum absolute atomic E-state index is 12.0. The van der Waals surface area contributed by atoms with Gasteiger partial charge in [-0.15, -0.1) is 0 Å². The molecule has 0 spiro atoms. The van der Waals surface area contributed by atoms with E-state index in [0.29, 0.717) is 18.6 Å². The lowest BCUT2D eigenvalue weighted by atomic mass is 10.1. The highest BCUT2D eigenvalue weighted by molar-refractivity contribution is 6.01. The van der Waals surface area contributed by atoms with Crippen molar-refractivity contribution in [3.05, 3.63) is 48.0 Å². The van der Waals surface area contributed by atoms with Gasteiger partial charge in [-0.25, -0.2) is 0 Å². The molecular formula is C25H38O4. The van der Waals surface area contributed by atoms with E-state index in [1.165, 1.54) is 12.8 Å². The van der Waals surface area contributed by atoms with Crippen molar-refractivity contribution in [1.29, 1.82) is 0 Å². The number of carbonyl (C=O) groups is 2. The Kier molecular flexibility index (Phi) is 13.6. The number of ether oxygens (including phenoxy) is 2. The van der Waals surface area contributed by atoms with Crippen LogP contribution in [0.15, 0.2) is 48.0 Å². The molecule has 0 aromatic heterocycles. The van der Waals surface area contributed by atoms with Gasteiger partial charge in [-0.05, 0) is 51.9 Å². The summed E-state index contributed by atoms with van der Waals surface area (Å²) in [5.41, 5.74) is 0. The summed E-state index contributed by atoms with van der Waals surface area (Å²) in [4.78, 5) is 24.0. The number of Topliss-reactive ketones (excluding diaryl/α,β-unsaturated/α-hetero) is 1. The van der Waals surface area contributed by atoms with Gasteiger partial charge in [-0.3, -0.25) is 9.59 Å². The van der Waals surface area contributed by atoms with Crippen molar-refractivity contribution >= 4 is 11.8 Å². The molecule has 0 saturated carbocycles. The Morgan fingerprint density at radius 1 is 0.931 bits per heavy atom. The molecule has 1 atom stereocenters. The van der Waals surface area contributed by atoms with Crippen molar-refractivity contribution in [2.45, 2.75) is 97.5 Å². The molecule has 0 radical (unpaired) electrons. The first kappa shape index (κ1) is 24.9. The van der Waals surface area contributed by atoms with Gasteiger partial charge in [0.1, 0.15) is 5.76 Å². The minimum Gasteiger partial charge on any atom is -0.483 e. The molecule has 0 bridgehead atoms. The van der Waals surface area contributed by atoms with E-state index in [2.05, 4.69) is 43.4 Å². The molecule has 1 unspecified atom stereocenters. The van der Waals surface area contributed by atoms with Crippen molar-refractivity contribution in [3.8, 4) is 0 Å². The van der Waals surface area contributed by atoms with E-state index in [0.717, 1.165) is 44.9 Å². The summed E-state index contributed by atoms with van der Waals surface area (Å²) < 4.78 is 10.6. The van der Waals surface area contributed by atoms with Crippen molar-refractivity contribution in [2.75, 3.05) is 0 Å². The SMILES string of the molecule is CC/C=C\C/C=C\C/C=C\CCCCCCCC(=O)OC1=C(C)OC(CC)C1=O. The molecule has 4 heteroatoms. The fourth-order valence-electron chi connectivity index (χ4n) is 3.08. The van der Waals surface area contributed by atoms with E-state index >= 15 is 0 Å². The molecule has 29 heavy (non-hydrogen) atoms. The Balaban J connectivity index is 2.00. The van der Waals surface area contributed by atoms with Crippen molar-refractivity contribution in [3.63, 3.8) is 0 Å². The Morgan fingerprint density at radius 2 is 1.55 bits per heavy atom. The molecule has 1 aliphatic rings. The minimum atomic E-state index is -0.495. The van der Waals surface area contributed by atoms with Gasteiger partial charge < -0.3 is 9.47 Å². The molecule has 1 rings (SSSR count). The Bertz CT molecular complexity index is 610. The zero-order chi connectivity index (χ0) is 21.3. The van der Waals surface area contributed by atoms with E-state index in [1.807, 2.05) is 6.92 Å². The highest BCUT2D eigenvalue weighted by Gasteiger charge is 2.34. The van der Waals surface area contributed by atoms with E-state index in [-0.39, 0.29) is 17.5 Å². The Labute approximate surface area is 176 Å². The van der Waals surface area contributed by atoms with Gasteiger partial charge in [0.05, 0.1) is 0 Å². The van der Waals surface area contributed by atoms with Crippen LogP contribution < -0.4 is 0 Å². The molecule has 0 amide bonds. The number of unbranched alkanes of at least 4 members (excludes halogenated alkanes) is 5. The summed E-state index contributed by atoms with van der Waals surface area (Å²) in [5.74, 6) is -0.0302. The predicted molar refractivity (Wildman–Crippen MR) is 118 cm³/mol. The molecule has 4 nitrogen and oxygen atoms in total. The third-order valence-corrected chi connectivity index (χ3v) is 4.77. The number of hydrogen-bond acceptors (Lipinski definition) is 4. The van der Waals surface area contributed by atoms with Crippen molar-refractivity contribution < 1.29 is 19.1 Å². The average Bonchev–Trinajstić information content (AvgIpc) is 2.98. The van der Waals surface area contributed by atoms with Gasteiger partial charge in [-0.2, -0.15) is 0 Å². The zero-order valence-corrected chi connectivity index (χ0v) is 18.5. The standard InChI is InChI=1S/C25H38O4/c1-4-6-7-8-9-10-11-12-13-14-15-16-17-18-19-20-23(26)29-25-21(3)28-22(5-2)24(25)27/h6-7,9-10,12-13,22H,4-5,8,11,14-20H2,1-3H3/b7-6-,10-9-,13-12-. The lowest BCUT2D eigenvalue weighted by molar-refractivity contribution is -0.142. The van der Waals surface area contributed by atoms with Crippen LogP contribution in [0.1, 0.15) is 91.4 Å². The molecule has 1 aliphatic heterocycles. The monoisotopic (exact) mass is 402 g/mol. The second-order valence-electron chi connectivity index (χ2n) is 7.34. The van der Waals surface area contributed by atoms with E-state index in [1.54, 1.807) is 6.92 Å². The number of carbonyl (C=O) groups excluding carboxylic acids is 2.